The van der Waals surface area contributed by atoms with E-state index < -0.39 is 0 Å². The van der Waals surface area contributed by atoms with Gasteiger partial charge in [0.05, 0.1) is 12.7 Å². The molecule has 0 aliphatic carbocycles. The van der Waals surface area contributed by atoms with Crippen LogP contribution in [0.15, 0.2) is 0 Å². The molecule has 0 spiro atoms. The van der Waals surface area contributed by atoms with Gasteiger partial charge < -0.3 is 14.7 Å². The molecule has 1 aliphatic rings. The first-order valence-electron chi connectivity index (χ1n) is 6.72. The van der Waals surface area contributed by atoms with Crippen molar-refractivity contribution in [3.8, 4) is 0 Å². The molecular formula is C13H27NO2. The van der Waals surface area contributed by atoms with Crippen LogP contribution < -0.4 is 0 Å². The van der Waals surface area contributed by atoms with Gasteiger partial charge in [0.15, 0.2) is 0 Å². The van der Waals surface area contributed by atoms with Crippen LogP contribution >= 0.6 is 0 Å². The number of hydrogen-bond donors (Lipinski definition) is 1. The molecule has 1 unspecified atom stereocenters. The van der Waals surface area contributed by atoms with Crippen molar-refractivity contribution in [3.63, 3.8) is 0 Å². The average Bonchev–Trinajstić information content (AvgIpc) is 2.29. The second-order valence-corrected chi connectivity index (χ2v) is 4.89. The third-order valence-corrected chi connectivity index (χ3v) is 3.51. The van der Waals surface area contributed by atoms with Crippen LogP contribution in [-0.2, 0) is 4.74 Å². The first-order valence-corrected chi connectivity index (χ1v) is 6.72. The predicted octanol–water partition coefficient (Wildman–Crippen LogP) is 1.90. The summed E-state index contributed by atoms with van der Waals surface area (Å²) >= 11 is 0. The highest BCUT2D eigenvalue weighted by Crippen LogP contribution is 2.19. The summed E-state index contributed by atoms with van der Waals surface area (Å²) in [6, 6.07) is 0. The Morgan fingerprint density at radius 1 is 1.31 bits per heavy atom. The average molecular weight is 229 g/mol. The van der Waals surface area contributed by atoms with E-state index in [1.54, 1.807) is 0 Å². The van der Waals surface area contributed by atoms with Gasteiger partial charge in [0.1, 0.15) is 0 Å². The van der Waals surface area contributed by atoms with Gasteiger partial charge in [-0.2, -0.15) is 0 Å². The monoisotopic (exact) mass is 229 g/mol. The maximum atomic E-state index is 9.49. The summed E-state index contributed by atoms with van der Waals surface area (Å²) in [5.74, 6) is 0.511. The van der Waals surface area contributed by atoms with E-state index in [2.05, 4.69) is 11.8 Å². The molecule has 1 heterocycles. The summed E-state index contributed by atoms with van der Waals surface area (Å²) in [4.78, 5) is 2.45. The summed E-state index contributed by atoms with van der Waals surface area (Å²) in [5.41, 5.74) is 0. The van der Waals surface area contributed by atoms with Crippen molar-refractivity contribution in [2.24, 2.45) is 5.92 Å². The van der Waals surface area contributed by atoms with E-state index in [0.29, 0.717) is 5.92 Å². The first kappa shape index (κ1) is 13.9. The topological polar surface area (TPSA) is 32.7 Å². The van der Waals surface area contributed by atoms with Gasteiger partial charge in [-0.05, 0) is 45.2 Å². The third-order valence-electron chi connectivity index (χ3n) is 3.51. The fraction of sp³-hybridized carbons (Fsp3) is 1.00. The Morgan fingerprint density at radius 2 is 2.00 bits per heavy atom. The molecule has 0 aromatic rings. The molecule has 1 atom stereocenters. The molecule has 1 rings (SSSR count). The van der Waals surface area contributed by atoms with Gasteiger partial charge in [-0.1, -0.05) is 13.3 Å². The van der Waals surface area contributed by atoms with E-state index >= 15 is 0 Å². The summed E-state index contributed by atoms with van der Waals surface area (Å²) in [5, 5.41) is 9.49. The number of ether oxygens (including phenoxy) is 1. The summed E-state index contributed by atoms with van der Waals surface area (Å²) in [7, 11) is 0. The number of likely N-dealkylation sites (tertiary alicyclic amines) is 1. The van der Waals surface area contributed by atoms with Crippen LogP contribution in [-0.4, -0.2) is 49.0 Å². The lowest BCUT2D eigenvalue weighted by Gasteiger charge is -2.33. The predicted molar refractivity (Wildman–Crippen MR) is 66.6 cm³/mol. The smallest absolute Gasteiger partial charge is 0.0593 e. The van der Waals surface area contributed by atoms with Gasteiger partial charge in [0.25, 0.3) is 0 Å². The van der Waals surface area contributed by atoms with Gasteiger partial charge in [-0.25, -0.2) is 0 Å². The number of aliphatic hydroxyl groups excluding tert-OH is 1. The lowest BCUT2D eigenvalue weighted by atomic mass is 9.92. The molecule has 0 radical (unpaired) electrons. The minimum atomic E-state index is -0.136. The molecular weight excluding hydrogens is 202 g/mol. The zero-order valence-electron chi connectivity index (χ0n) is 10.8. The highest BCUT2D eigenvalue weighted by molar-refractivity contribution is 4.75. The highest BCUT2D eigenvalue weighted by atomic mass is 16.5. The Kier molecular flexibility index (Phi) is 7.01. The summed E-state index contributed by atoms with van der Waals surface area (Å²) in [6.45, 7) is 9.15. The fourth-order valence-electron chi connectivity index (χ4n) is 2.20. The molecule has 1 N–H and O–H groups in total. The fourth-order valence-corrected chi connectivity index (χ4v) is 2.20. The van der Waals surface area contributed by atoms with Crippen LogP contribution in [0, 0.1) is 5.92 Å². The van der Waals surface area contributed by atoms with Crippen LogP contribution in [0.4, 0.5) is 0 Å². The third kappa shape index (κ3) is 5.28. The number of piperidine rings is 1. The molecule has 0 aromatic carbocycles. The summed E-state index contributed by atoms with van der Waals surface area (Å²) in [6.07, 6.45) is 4.51. The van der Waals surface area contributed by atoms with E-state index in [1.165, 1.54) is 12.8 Å². The van der Waals surface area contributed by atoms with E-state index in [1.807, 2.05) is 6.92 Å². The Labute approximate surface area is 99.8 Å². The van der Waals surface area contributed by atoms with Crippen LogP contribution in [0.2, 0.25) is 0 Å². The lowest BCUT2D eigenvalue weighted by Crippen LogP contribution is -2.38. The minimum Gasteiger partial charge on any atom is -0.393 e. The van der Waals surface area contributed by atoms with Crippen molar-refractivity contribution in [3.05, 3.63) is 0 Å². The molecule has 0 bridgehead atoms. The second kappa shape index (κ2) is 8.04. The maximum absolute atomic E-state index is 9.49. The Hall–Kier alpha value is -0.120. The van der Waals surface area contributed by atoms with E-state index in [4.69, 9.17) is 4.74 Å². The second-order valence-electron chi connectivity index (χ2n) is 4.89. The van der Waals surface area contributed by atoms with E-state index in [-0.39, 0.29) is 6.10 Å². The van der Waals surface area contributed by atoms with Gasteiger partial charge >= 0.3 is 0 Å². The van der Waals surface area contributed by atoms with Crippen LogP contribution in [0.25, 0.3) is 0 Å². The number of unbranched alkanes of at least 4 members (excludes halogenated alkanes) is 1. The molecule has 1 saturated heterocycles. The largest absolute Gasteiger partial charge is 0.393 e. The maximum Gasteiger partial charge on any atom is 0.0593 e. The van der Waals surface area contributed by atoms with Crippen LogP contribution in [0.5, 0.6) is 0 Å². The number of hydrogen-bond acceptors (Lipinski definition) is 3. The minimum absolute atomic E-state index is 0.136. The standard InChI is InChI=1S/C13H27NO2/c1-3-4-10-16-11-9-14-7-5-13(6-8-14)12(2)15/h12-13,15H,3-11H2,1-2H3. The quantitative estimate of drug-likeness (QED) is 0.677. The highest BCUT2D eigenvalue weighted by Gasteiger charge is 2.21. The van der Waals surface area contributed by atoms with Crippen molar-refractivity contribution >= 4 is 0 Å². The number of rotatable bonds is 7. The summed E-state index contributed by atoms with van der Waals surface area (Å²) < 4.78 is 5.56. The molecule has 1 fully saturated rings. The first-order chi connectivity index (χ1) is 7.74. The van der Waals surface area contributed by atoms with Crippen molar-refractivity contribution in [1.29, 1.82) is 0 Å². The molecule has 1 aliphatic heterocycles. The van der Waals surface area contributed by atoms with Crippen molar-refractivity contribution in [1.82, 2.24) is 4.90 Å². The van der Waals surface area contributed by atoms with Crippen molar-refractivity contribution < 1.29 is 9.84 Å². The van der Waals surface area contributed by atoms with Crippen molar-refractivity contribution in [2.75, 3.05) is 32.8 Å². The Morgan fingerprint density at radius 3 is 2.56 bits per heavy atom. The van der Waals surface area contributed by atoms with Crippen LogP contribution in [0.3, 0.4) is 0 Å². The molecule has 3 heteroatoms. The van der Waals surface area contributed by atoms with Gasteiger partial charge in [0, 0.05) is 13.2 Å². The normalized spacial score (nSPS) is 21.2. The molecule has 3 nitrogen and oxygen atoms in total. The van der Waals surface area contributed by atoms with Crippen molar-refractivity contribution in [2.45, 2.75) is 45.6 Å². The molecule has 0 amide bonds. The Bertz CT molecular complexity index is 165. The SMILES string of the molecule is CCCCOCCN1CCC(C(C)O)CC1. The van der Waals surface area contributed by atoms with E-state index in [9.17, 15) is 5.11 Å². The molecule has 0 aromatic heterocycles. The molecule has 16 heavy (non-hydrogen) atoms. The van der Waals surface area contributed by atoms with E-state index in [0.717, 1.165) is 45.7 Å². The van der Waals surface area contributed by atoms with Crippen LogP contribution in [0.1, 0.15) is 39.5 Å². The van der Waals surface area contributed by atoms with Gasteiger partial charge in [0.2, 0.25) is 0 Å². The van der Waals surface area contributed by atoms with Gasteiger partial charge in [-0.15, -0.1) is 0 Å². The zero-order chi connectivity index (χ0) is 11.8. The molecule has 0 saturated carbocycles. The molecule has 96 valence electrons. The zero-order valence-corrected chi connectivity index (χ0v) is 10.8. The number of nitrogens with zero attached hydrogens (tertiary/aromatic N) is 1. The van der Waals surface area contributed by atoms with Gasteiger partial charge in [-0.3, -0.25) is 0 Å². The lowest BCUT2D eigenvalue weighted by molar-refractivity contribution is 0.0523. The Balaban J connectivity index is 1.99. The number of aliphatic hydroxyl groups is 1.